The standard InChI is InChI=1S/C29H36N2O3S/c1-24-7-6-19-30(24)20-18-25-10-12-27(13-11-25)28-14-16-29(17-15-28)35(32,33)31(21-22-34-2)23-26-8-4-3-5-9-26/h3-5,8-17,24H,6-7,18-23H2,1-2H3/t24-/m1/s1. The minimum Gasteiger partial charge on any atom is -0.383 e. The Morgan fingerprint density at radius 1 is 0.914 bits per heavy atom. The molecule has 35 heavy (non-hydrogen) atoms. The number of methoxy groups -OCH3 is 1. The lowest BCUT2D eigenvalue weighted by atomic mass is 10.0. The summed E-state index contributed by atoms with van der Waals surface area (Å²) in [6.07, 6.45) is 3.67. The first-order valence-electron chi connectivity index (χ1n) is 12.4. The van der Waals surface area contributed by atoms with Crippen LogP contribution in [0, 0.1) is 0 Å². The molecule has 4 rings (SSSR count). The molecule has 3 aromatic carbocycles. The highest BCUT2D eigenvalue weighted by atomic mass is 32.2. The normalized spacial score (nSPS) is 16.7. The van der Waals surface area contributed by atoms with Gasteiger partial charge in [-0.05, 0) is 67.1 Å². The van der Waals surface area contributed by atoms with E-state index in [-0.39, 0.29) is 0 Å². The summed E-state index contributed by atoms with van der Waals surface area (Å²) in [5.41, 5.74) is 4.38. The second kappa shape index (κ2) is 12.0. The minimum atomic E-state index is -3.65. The maximum Gasteiger partial charge on any atom is 0.243 e. The van der Waals surface area contributed by atoms with Crippen molar-refractivity contribution in [1.29, 1.82) is 0 Å². The summed E-state index contributed by atoms with van der Waals surface area (Å²) in [7, 11) is -2.06. The van der Waals surface area contributed by atoms with Gasteiger partial charge in [0, 0.05) is 32.8 Å². The fourth-order valence-electron chi connectivity index (χ4n) is 4.69. The lowest BCUT2D eigenvalue weighted by Gasteiger charge is -2.22. The van der Waals surface area contributed by atoms with Crippen molar-refractivity contribution in [1.82, 2.24) is 9.21 Å². The molecule has 0 N–H and O–H groups in total. The third-order valence-electron chi connectivity index (χ3n) is 6.90. The van der Waals surface area contributed by atoms with Gasteiger partial charge < -0.3 is 9.64 Å². The van der Waals surface area contributed by atoms with Crippen molar-refractivity contribution >= 4 is 10.0 Å². The zero-order valence-corrected chi connectivity index (χ0v) is 21.6. The predicted octanol–water partition coefficient (Wildman–Crippen LogP) is 5.22. The Kier molecular flexibility index (Phi) is 8.74. The summed E-state index contributed by atoms with van der Waals surface area (Å²) >= 11 is 0. The highest BCUT2D eigenvalue weighted by Crippen LogP contribution is 2.25. The van der Waals surface area contributed by atoms with Gasteiger partial charge in [-0.15, -0.1) is 0 Å². The molecule has 6 heteroatoms. The van der Waals surface area contributed by atoms with E-state index in [1.165, 1.54) is 29.3 Å². The molecule has 0 aromatic heterocycles. The van der Waals surface area contributed by atoms with Gasteiger partial charge in [0.05, 0.1) is 11.5 Å². The summed E-state index contributed by atoms with van der Waals surface area (Å²) in [5.74, 6) is 0. The van der Waals surface area contributed by atoms with Crippen molar-refractivity contribution in [3.05, 3.63) is 90.0 Å². The molecule has 5 nitrogen and oxygen atoms in total. The lowest BCUT2D eigenvalue weighted by Crippen LogP contribution is -2.33. The molecule has 1 fully saturated rings. The van der Waals surface area contributed by atoms with Gasteiger partial charge in [-0.25, -0.2) is 8.42 Å². The first kappa shape index (κ1) is 25.6. The number of sulfonamides is 1. The molecule has 186 valence electrons. The van der Waals surface area contributed by atoms with E-state index in [0.29, 0.717) is 30.6 Å². The predicted molar refractivity (Wildman–Crippen MR) is 142 cm³/mol. The van der Waals surface area contributed by atoms with Gasteiger partial charge in [0.25, 0.3) is 0 Å². The quantitative estimate of drug-likeness (QED) is 0.368. The van der Waals surface area contributed by atoms with Crippen LogP contribution in [0.5, 0.6) is 0 Å². The highest BCUT2D eigenvalue weighted by molar-refractivity contribution is 7.89. The Labute approximate surface area is 210 Å². The molecule has 0 bridgehead atoms. The van der Waals surface area contributed by atoms with Gasteiger partial charge in [0.1, 0.15) is 0 Å². The monoisotopic (exact) mass is 492 g/mol. The Morgan fingerprint density at radius 3 is 2.17 bits per heavy atom. The topological polar surface area (TPSA) is 49.9 Å². The molecule has 3 aromatic rings. The fourth-order valence-corrected chi connectivity index (χ4v) is 6.11. The third kappa shape index (κ3) is 6.58. The van der Waals surface area contributed by atoms with Gasteiger partial charge in [-0.2, -0.15) is 4.31 Å². The van der Waals surface area contributed by atoms with E-state index in [1.54, 1.807) is 19.2 Å². The van der Waals surface area contributed by atoms with Crippen molar-refractivity contribution in [2.75, 3.05) is 33.4 Å². The van der Waals surface area contributed by atoms with E-state index in [9.17, 15) is 8.42 Å². The smallest absolute Gasteiger partial charge is 0.243 e. The minimum absolute atomic E-state index is 0.296. The molecule has 1 aliphatic rings. The fraction of sp³-hybridized carbons (Fsp3) is 0.379. The van der Waals surface area contributed by atoms with Crippen LogP contribution >= 0.6 is 0 Å². The van der Waals surface area contributed by atoms with Crippen LogP contribution in [0.2, 0.25) is 0 Å². The van der Waals surface area contributed by atoms with Crippen LogP contribution in [-0.4, -0.2) is 57.0 Å². The number of benzene rings is 3. The largest absolute Gasteiger partial charge is 0.383 e. The van der Waals surface area contributed by atoms with Gasteiger partial charge >= 0.3 is 0 Å². The molecule has 0 amide bonds. The molecule has 1 aliphatic heterocycles. The van der Waals surface area contributed by atoms with E-state index in [4.69, 9.17) is 4.74 Å². The SMILES string of the molecule is COCCN(Cc1ccccc1)S(=O)(=O)c1ccc(-c2ccc(CCN3CCC[C@H]3C)cc2)cc1. The van der Waals surface area contributed by atoms with Crippen molar-refractivity contribution < 1.29 is 13.2 Å². The zero-order chi connectivity index (χ0) is 24.7. The molecule has 1 atom stereocenters. The highest BCUT2D eigenvalue weighted by Gasteiger charge is 2.24. The van der Waals surface area contributed by atoms with Crippen LogP contribution in [0.3, 0.4) is 0 Å². The molecular formula is C29H36N2O3S. The van der Waals surface area contributed by atoms with E-state index in [2.05, 4.69) is 36.1 Å². The van der Waals surface area contributed by atoms with Crippen LogP contribution in [0.25, 0.3) is 11.1 Å². The van der Waals surface area contributed by atoms with Crippen molar-refractivity contribution in [3.63, 3.8) is 0 Å². The van der Waals surface area contributed by atoms with Crippen LogP contribution in [0.1, 0.15) is 30.9 Å². The van der Waals surface area contributed by atoms with E-state index in [0.717, 1.165) is 29.7 Å². The first-order valence-corrected chi connectivity index (χ1v) is 13.9. The van der Waals surface area contributed by atoms with Gasteiger partial charge in [0.15, 0.2) is 0 Å². The average Bonchev–Trinajstić information content (AvgIpc) is 3.30. The van der Waals surface area contributed by atoms with E-state index >= 15 is 0 Å². The van der Waals surface area contributed by atoms with Crippen molar-refractivity contribution in [2.45, 2.75) is 43.7 Å². The third-order valence-corrected chi connectivity index (χ3v) is 8.76. The number of ether oxygens (including phenoxy) is 1. The van der Waals surface area contributed by atoms with E-state index in [1.807, 2.05) is 42.5 Å². The second-order valence-corrected chi connectivity index (χ2v) is 11.3. The summed E-state index contributed by atoms with van der Waals surface area (Å²) < 4.78 is 33.5. The molecule has 0 saturated carbocycles. The molecule has 0 aliphatic carbocycles. The Morgan fingerprint density at radius 2 is 1.57 bits per heavy atom. The number of hydrogen-bond acceptors (Lipinski definition) is 4. The van der Waals surface area contributed by atoms with Crippen LogP contribution in [0.15, 0.2) is 83.8 Å². The molecule has 0 radical (unpaired) electrons. The summed E-state index contributed by atoms with van der Waals surface area (Å²) in [5, 5.41) is 0. The number of likely N-dealkylation sites (tertiary alicyclic amines) is 1. The first-order chi connectivity index (χ1) is 17.0. The number of rotatable bonds is 11. The van der Waals surface area contributed by atoms with Crippen molar-refractivity contribution in [3.8, 4) is 11.1 Å². The van der Waals surface area contributed by atoms with Gasteiger partial charge in [-0.3, -0.25) is 0 Å². The molecule has 1 saturated heterocycles. The molecule has 0 spiro atoms. The van der Waals surface area contributed by atoms with Gasteiger partial charge in [-0.1, -0.05) is 66.7 Å². The summed E-state index contributed by atoms with van der Waals surface area (Å²) in [6, 6.07) is 26.2. The summed E-state index contributed by atoms with van der Waals surface area (Å²) in [6.45, 7) is 5.59. The maximum atomic E-state index is 13.4. The molecular weight excluding hydrogens is 456 g/mol. The molecule has 1 heterocycles. The summed E-state index contributed by atoms with van der Waals surface area (Å²) in [4.78, 5) is 2.87. The Balaban J connectivity index is 1.44. The number of hydrogen-bond donors (Lipinski definition) is 0. The van der Waals surface area contributed by atoms with Crippen LogP contribution in [0.4, 0.5) is 0 Å². The Hall–Kier alpha value is -2.51. The number of nitrogens with zero attached hydrogens (tertiary/aromatic N) is 2. The van der Waals surface area contributed by atoms with Gasteiger partial charge in [0.2, 0.25) is 10.0 Å². The zero-order valence-electron chi connectivity index (χ0n) is 20.8. The van der Waals surface area contributed by atoms with Crippen LogP contribution in [-0.2, 0) is 27.7 Å². The second-order valence-electron chi connectivity index (χ2n) is 9.32. The molecule has 0 unspecified atom stereocenters. The lowest BCUT2D eigenvalue weighted by molar-refractivity contribution is 0.177. The Bertz CT molecular complexity index is 1160. The van der Waals surface area contributed by atoms with Crippen molar-refractivity contribution in [2.24, 2.45) is 0 Å². The maximum absolute atomic E-state index is 13.4. The average molecular weight is 493 g/mol. The van der Waals surface area contributed by atoms with Crippen LogP contribution < -0.4 is 0 Å². The van der Waals surface area contributed by atoms with E-state index < -0.39 is 10.0 Å².